The van der Waals surface area contributed by atoms with E-state index in [1.165, 1.54) is 0 Å². The summed E-state index contributed by atoms with van der Waals surface area (Å²) < 4.78 is 10.3. The lowest BCUT2D eigenvalue weighted by Gasteiger charge is -2.07. The van der Waals surface area contributed by atoms with Crippen molar-refractivity contribution in [3.8, 4) is 5.75 Å². The predicted molar refractivity (Wildman–Crippen MR) is 74.7 cm³/mol. The number of benzene rings is 1. The van der Waals surface area contributed by atoms with Crippen LogP contribution in [-0.4, -0.2) is 46.4 Å². The van der Waals surface area contributed by atoms with Gasteiger partial charge in [-0.3, -0.25) is 4.79 Å². The Labute approximate surface area is 114 Å². The summed E-state index contributed by atoms with van der Waals surface area (Å²) in [6.07, 6.45) is 0.917. The summed E-state index contributed by atoms with van der Waals surface area (Å²) in [5, 5.41) is 5.90. The van der Waals surface area contributed by atoms with Crippen LogP contribution in [0.5, 0.6) is 5.75 Å². The van der Waals surface area contributed by atoms with Gasteiger partial charge < -0.3 is 20.1 Å². The maximum atomic E-state index is 11.8. The zero-order valence-corrected chi connectivity index (χ0v) is 11.6. The summed E-state index contributed by atoms with van der Waals surface area (Å²) in [6, 6.07) is 7.10. The van der Waals surface area contributed by atoms with Gasteiger partial charge in [0.15, 0.2) is 0 Å². The van der Waals surface area contributed by atoms with Gasteiger partial charge in [0.25, 0.3) is 5.91 Å². The Hall–Kier alpha value is -1.59. The molecule has 0 fully saturated rings. The molecule has 0 aliphatic heterocycles. The summed E-state index contributed by atoms with van der Waals surface area (Å²) in [4.78, 5) is 11.8. The Kier molecular flexibility index (Phi) is 7.62. The van der Waals surface area contributed by atoms with Gasteiger partial charge in [0.05, 0.1) is 6.61 Å². The van der Waals surface area contributed by atoms with E-state index in [4.69, 9.17) is 9.47 Å². The van der Waals surface area contributed by atoms with Crippen LogP contribution in [0.15, 0.2) is 24.3 Å². The molecule has 1 rings (SSSR count). The van der Waals surface area contributed by atoms with Gasteiger partial charge in [-0.1, -0.05) is 0 Å². The lowest BCUT2D eigenvalue weighted by atomic mass is 10.2. The number of rotatable bonds is 9. The Bertz CT molecular complexity index is 365. The van der Waals surface area contributed by atoms with E-state index in [-0.39, 0.29) is 5.91 Å². The van der Waals surface area contributed by atoms with Crippen LogP contribution in [-0.2, 0) is 4.74 Å². The lowest BCUT2D eigenvalue weighted by molar-refractivity contribution is 0.0953. The molecule has 0 radical (unpaired) electrons. The van der Waals surface area contributed by atoms with E-state index in [1.807, 2.05) is 7.05 Å². The fourth-order valence-corrected chi connectivity index (χ4v) is 1.51. The van der Waals surface area contributed by atoms with Gasteiger partial charge in [0, 0.05) is 19.2 Å². The molecule has 2 N–H and O–H groups in total. The summed E-state index contributed by atoms with van der Waals surface area (Å²) in [6.45, 7) is 2.62. The number of amides is 1. The molecule has 0 heterocycles. The van der Waals surface area contributed by atoms with Crippen molar-refractivity contribution in [1.82, 2.24) is 10.6 Å². The van der Waals surface area contributed by atoms with Crippen molar-refractivity contribution in [2.45, 2.75) is 6.42 Å². The molecule has 0 atom stereocenters. The number of nitrogens with one attached hydrogen (secondary N) is 2. The van der Waals surface area contributed by atoms with Crippen LogP contribution >= 0.6 is 0 Å². The molecule has 0 bridgehead atoms. The van der Waals surface area contributed by atoms with Gasteiger partial charge >= 0.3 is 0 Å². The highest BCUT2D eigenvalue weighted by molar-refractivity contribution is 5.94. The monoisotopic (exact) mass is 266 g/mol. The standard InChI is InChI=1S/C14H22N2O3/c1-15-8-3-9-16-14(17)12-4-6-13(7-5-12)19-11-10-18-2/h4-7,15H,3,8-11H2,1-2H3,(H,16,17). The van der Waals surface area contributed by atoms with Crippen molar-refractivity contribution in [2.24, 2.45) is 0 Å². The van der Waals surface area contributed by atoms with E-state index >= 15 is 0 Å². The zero-order valence-electron chi connectivity index (χ0n) is 11.6. The molecule has 0 unspecified atom stereocenters. The second kappa shape index (κ2) is 9.35. The van der Waals surface area contributed by atoms with E-state index < -0.39 is 0 Å². The average molecular weight is 266 g/mol. The molecule has 0 aliphatic carbocycles. The van der Waals surface area contributed by atoms with E-state index in [2.05, 4.69) is 10.6 Å². The van der Waals surface area contributed by atoms with E-state index in [9.17, 15) is 4.79 Å². The van der Waals surface area contributed by atoms with Gasteiger partial charge in [-0.05, 0) is 44.3 Å². The second-order valence-corrected chi connectivity index (χ2v) is 4.08. The van der Waals surface area contributed by atoms with Crippen molar-refractivity contribution < 1.29 is 14.3 Å². The molecule has 0 aliphatic rings. The molecule has 1 aromatic rings. The van der Waals surface area contributed by atoms with Gasteiger partial charge in [0.1, 0.15) is 12.4 Å². The first kappa shape index (κ1) is 15.5. The molecule has 5 heteroatoms. The number of hydrogen-bond acceptors (Lipinski definition) is 4. The van der Waals surface area contributed by atoms with Crippen LogP contribution in [0.3, 0.4) is 0 Å². The van der Waals surface area contributed by atoms with E-state index in [0.29, 0.717) is 25.3 Å². The topological polar surface area (TPSA) is 59.6 Å². The van der Waals surface area contributed by atoms with Crippen LogP contribution in [0.2, 0.25) is 0 Å². The number of ether oxygens (including phenoxy) is 2. The largest absolute Gasteiger partial charge is 0.491 e. The SMILES string of the molecule is CNCCCNC(=O)c1ccc(OCCOC)cc1. The molecule has 1 aromatic carbocycles. The molecule has 0 saturated carbocycles. The van der Waals surface area contributed by atoms with Crippen molar-refractivity contribution in [1.29, 1.82) is 0 Å². The predicted octanol–water partition coefficient (Wildman–Crippen LogP) is 1.05. The Morgan fingerprint density at radius 2 is 1.89 bits per heavy atom. The molecule has 5 nitrogen and oxygen atoms in total. The fraction of sp³-hybridized carbons (Fsp3) is 0.500. The number of hydrogen-bond donors (Lipinski definition) is 2. The third kappa shape index (κ3) is 6.22. The summed E-state index contributed by atoms with van der Waals surface area (Å²) in [7, 11) is 3.52. The molecule has 0 aromatic heterocycles. The first-order valence-electron chi connectivity index (χ1n) is 6.42. The van der Waals surface area contributed by atoms with Crippen LogP contribution in [0.4, 0.5) is 0 Å². The smallest absolute Gasteiger partial charge is 0.251 e. The van der Waals surface area contributed by atoms with Gasteiger partial charge in [-0.25, -0.2) is 0 Å². The van der Waals surface area contributed by atoms with E-state index in [1.54, 1.807) is 31.4 Å². The highest BCUT2D eigenvalue weighted by Gasteiger charge is 2.04. The quantitative estimate of drug-likeness (QED) is 0.656. The minimum absolute atomic E-state index is 0.0560. The van der Waals surface area contributed by atoms with E-state index in [0.717, 1.165) is 18.7 Å². The number of carbonyl (C=O) groups excluding carboxylic acids is 1. The average Bonchev–Trinajstić information content (AvgIpc) is 2.44. The molecular formula is C14H22N2O3. The van der Waals surface area contributed by atoms with Crippen LogP contribution in [0.1, 0.15) is 16.8 Å². The van der Waals surface area contributed by atoms with Crippen LogP contribution in [0, 0.1) is 0 Å². The summed E-state index contributed by atoms with van der Waals surface area (Å²) >= 11 is 0. The fourth-order valence-electron chi connectivity index (χ4n) is 1.51. The Balaban J connectivity index is 2.35. The zero-order chi connectivity index (χ0) is 13.9. The van der Waals surface area contributed by atoms with Gasteiger partial charge in [0.2, 0.25) is 0 Å². The lowest BCUT2D eigenvalue weighted by Crippen LogP contribution is -2.26. The highest BCUT2D eigenvalue weighted by atomic mass is 16.5. The molecule has 1 amide bonds. The molecular weight excluding hydrogens is 244 g/mol. The highest BCUT2D eigenvalue weighted by Crippen LogP contribution is 2.11. The summed E-state index contributed by atoms with van der Waals surface area (Å²) in [5.74, 6) is 0.684. The minimum Gasteiger partial charge on any atom is -0.491 e. The van der Waals surface area contributed by atoms with Crippen molar-refractivity contribution >= 4 is 5.91 Å². The Morgan fingerprint density at radius 3 is 2.53 bits per heavy atom. The molecule has 106 valence electrons. The summed E-state index contributed by atoms with van der Waals surface area (Å²) in [5.41, 5.74) is 0.642. The maximum Gasteiger partial charge on any atom is 0.251 e. The van der Waals surface area contributed by atoms with Crippen molar-refractivity contribution in [2.75, 3.05) is 40.5 Å². The molecule has 0 spiro atoms. The first-order chi connectivity index (χ1) is 9.27. The number of methoxy groups -OCH3 is 1. The van der Waals surface area contributed by atoms with Gasteiger partial charge in [-0.15, -0.1) is 0 Å². The van der Waals surface area contributed by atoms with Crippen LogP contribution < -0.4 is 15.4 Å². The number of carbonyl (C=O) groups is 1. The third-order valence-corrected chi connectivity index (χ3v) is 2.56. The maximum absolute atomic E-state index is 11.8. The normalized spacial score (nSPS) is 10.2. The minimum atomic E-state index is -0.0560. The third-order valence-electron chi connectivity index (χ3n) is 2.56. The Morgan fingerprint density at radius 1 is 1.16 bits per heavy atom. The molecule has 0 saturated heterocycles. The second-order valence-electron chi connectivity index (χ2n) is 4.08. The van der Waals surface area contributed by atoms with Gasteiger partial charge in [-0.2, -0.15) is 0 Å². The first-order valence-corrected chi connectivity index (χ1v) is 6.42. The van der Waals surface area contributed by atoms with Crippen molar-refractivity contribution in [3.05, 3.63) is 29.8 Å². The molecule has 19 heavy (non-hydrogen) atoms. The van der Waals surface area contributed by atoms with Crippen molar-refractivity contribution in [3.63, 3.8) is 0 Å². The van der Waals surface area contributed by atoms with Crippen LogP contribution in [0.25, 0.3) is 0 Å².